The molecule has 0 unspecified atom stereocenters. The molecule has 0 bridgehead atoms. The van der Waals surface area contributed by atoms with Crippen LogP contribution in [-0.4, -0.2) is 9.55 Å². The van der Waals surface area contributed by atoms with Crippen LogP contribution in [0.3, 0.4) is 0 Å². The molecule has 0 N–H and O–H groups in total. The van der Waals surface area contributed by atoms with Crippen molar-refractivity contribution in [1.82, 2.24) is 9.55 Å². The Bertz CT molecular complexity index is 970. The highest BCUT2D eigenvalue weighted by atomic mass is 16.5. The number of rotatable bonds is 4. The van der Waals surface area contributed by atoms with Crippen LogP contribution in [0.5, 0.6) is 11.5 Å². The fraction of sp³-hybridized carbons (Fsp3) is 0.150. The van der Waals surface area contributed by atoms with Crippen LogP contribution < -0.4 is 4.74 Å². The molecule has 4 heteroatoms. The number of nitrogens with zero attached hydrogens (tertiary/aromatic N) is 2. The smallest absolute Gasteiger partial charge is 0.177 e. The highest BCUT2D eigenvalue weighted by Gasteiger charge is 2.16. The quantitative estimate of drug-likeness (QED) is 0.526. The maximum atomic E-state index is 6.04. The molecule has 0 amide bonds. The van der Waals surface area contributed by atoms with Gasteiger partial charge in [0.25, 0.3) is 0 Å². The summed E-state index contributed by atoms with van der Waals surface area (Å²) in [4.78, 5) is 4.11. The molecule has 0 saturated carbocycles. The van der Waals surface area contributed by atoms with Crippen LogP contribution in [0, 0.1) is 13.8 Å². The van der Waals surface area contributed by atoms with E-state index in [1.54, 1.807) is 6.20 Å². The van der Waals surface area contributed by atoms with Gasteiger partial charge >= 0.3 is 0 Å². The summed E-state index contributed by atoms with van der Waals surface area (Å²) < 4.78 is 14.1. The number of aryl methyl sites for hydroxylation is 2. The number of imidazole rings is 1. The molecule has 0 aliphatic carbocycles. The van der Waals surface area contributed by atoms with Crippen molar-refractivity contribution in [2.75, 3.05) is 0 Å². The number of hydrogen-bond donors (Lipinski definition) is 0. The molecule has 2 heterocycles. The minimum absolute atomic E-state index is 0.738. The Balaban J connectivity index is 1.81. The van der Waals surface area contributed by atoms with Crippen LogP contribution in [0.2, 0.25) is 0 Å². The lowest BCUT2D eigenvalue weighted by molar-refractivity contribution is 0.468. The van der Waals surface area contributed by atoms with Gasteiger partial charge in [0, 0.05) is 24.3 Å². The second-order valence-corrected chi connectivity index (χ2v) is 5.86. The highest BCUT2D eigenvalue weighted by Crippen LogP contribution is 2.37. The third kappa shape index (κ3) is 2.56. The van der Waals surface area contributed by atoms with E-state index in [0.717, 1.165) is 40.3 Å². The Morgan fingerprint density at radius 3 is 2.67 bits per heavy atom. The first-order valence-corrected chi connectivity index (χ1v) is 7.92. The molecule has 4 nitrogen and oxygen atoms in total. The number of fused-ring (bicyclic) bond motifs is 1. The van der Waals surface area contributed by atoms with E-state index in [2.05, 4.69) is 18.0 Å². The molecule has 2 aromatic heterocycles. The van der Waals surface area contributed by atoms with Crippen LogP contribution in [0.25, 0.3) is 11.0 Å². The molecule has 0 aliphatic rings. The van der Waals surface area contributed by atoms with Crippen molar-refractivity contribution in [2.45, 2.75) is 20.4 Å². The summed E-state index contributed by atoms with van der Waals surface area (Å²) in [6.07, 6.45) is 5.57. The van der Waals surface area contributed by atoms with E-state index < -0.39 is 0 Å². The second-order valence-electron chi connectivity index (χ2n) is 5.86. The maximum Gasteiger partial charge on any atom is 0.177 e. The lowest BCUT2D eigenvalue weighted by Crippen LogP contribution is -1.98. The minimum Gasteiger partial charge on any atom is -0.457 e. The summed E-state index contributed by atoms with van der Waals surface area (Å²) in [6.45, 7) is 4.83. The predicted octanol–water partition coefficient (Wildman–Crippen LogP) is 5.09. The summed E-state index contributed by atoms with van der Waals surface area (Å²) >= 11 is 0. The normalized spacial score (nSPS) is 11.1. The molecular formula is C20H18N2O2. The van der Waals surface area contributed by atoms with Crippen molar-refractivity contribution in [3.05, 3.63) is 78.1 Å². The second kappa shape index (κ2) is 5.89. The molecule has 0 spiro atoms. The summed E-state index contributed by atoms with van der Waals surface area (Å²) in [7, 11) is 0. The summed E-state index contributed by atoms with van der Waals surface area (Å²) in [5.41, 5.74) is 3.14. The van der Waals surface area contributed by atoms with Gasteiger partial charge in [0.1, 0.15) is 11.5 Å². The van der Waals surface area contributed by atoms with Gasteiger partial charge in [-0.1, -0.05) is 24.3 Å². The van der Waals surface area contributed by atoms with Gasteiger partial charge in [-0.3, -0.25) is 0 Å². The first-order valence-electron chi connectivity index (χ1n) is 7.92. The van der Waals surface area contributed by atoms with Gasteiger partial charge < -0.3 is 13.7 Å². The molecule has 0 aliphatic heterocycles. The molecule has 24 heavy (non-hydrogen) atoms. The topological polar surface area (TPSA) is 40.2 Å². The molecule has 0 fully saturated rings. The Morgan fingerprint density at radius 1 is 1.08 bits per heavy atom. The van der Waals surface area contributed by atoms with Crippen molar-refractivity contribution >= 4 is 11.0 Å². The maximum absolute atomic E-state index is 6.04. The number of benzene rings is 2. The van der Waals surface area contributed by atoms with Crippen molar-refractivity contribution < 1.29 is 9.15 Å². The van der Waals surface area contributed by atoms with Gasteiger partial charge in [-0.2, -0.15) is 0 Å². The third-order valence-corrected chi connectivity index (χ3v) is 4.25. The summed E-state index contributed by atoms with van der Waals surface area (Å²) in [5, 5.41) is 1.12. The van der Waals surface area contributed by atoms with E-state index in [1.807, 2.05) is 60.4 Å². The van der Waals surface area contributed by atoms with E-state index in [9.17, 15) is 0 Å². The SMILES string of the molecule is Cc1oc2c(Oc3ccccc3)ccc(Cn3ccnc3)c2c1C. The molecule has 2 aromatic carbocycles. The van der Waals surface area contributed by atoms with E-state index in [1.165, 1.54) is 5.56 Å². The standard InChI is InChI=1S/C20H18N2O2/c1-14-15(2)23-20-18(24-17-6-4-3-5-7-17)9-8-16(19(14)20)12-22-11-10-21-13-22/h3-11,13H,12H2,1-2H3. The first-order chi connectivity index (χ1) is 11.7. The van der Waals surface area contributed by atoms with Crippen LogP contribution in [-0.2, 0) is 6.54 Å². The van der Waals surface area contributed by atoms with E-state index in [4.69, 9.17) is 9.15 Å². The average molecular weight is 318 g/mol. The fourth-order valence-corrected chi connectivity index (χ4v) is 2.93. The number of furan rings is 1. The predicted molar refractivity (Wildman–Crippen MR) is 93.5 cm³/mol. The van der Waals surface area contributed by atoms with Gasteiger partial charge in [0.15, 0.2) is 11.3 Å². The number of para-hydroxylation sites is 1. The highest BCUT2D eigenvalue weighted by molar-refractivity contribution is 5.90. The Morgan fingerprint density at radius 2 is 1.92 bits per heavy atom. The van der Waals surface area contributed by atoms with Gasteiger partial charge in [0.05, 0.1) is 6.33 Å². The molecule has 0 saturated heterocycles. The number of hydrogen-bond acceptors (Lipinski definition) is 3. The molecule has 120 valence electrons. The van der Waals surface area contributed by atoms with E-state index in [0.29, 0.717) is 0 Å². The average Bonchev–Trinajstić information content (AvgIpc) is 3.20. The largest absolute Gasteiger partial charge is 0.457 e. The summed E-state index contributed by atoms with van der Waals surface area (Å²) in [5.74, 6) is 2.45. The third-order valence-electron chi connectivity index (χ3n) is 4.25. The fourth-order valence-electron chi connectivity index (χ4n) is 2.93. The van der Waals surface area contributed by atoms with Gasteiger partial charge in [-0.25, -0.2) is 4.98 Å². The van der Waals surface area contributed by atoms with Crippen molar-refractivity contribution in [3.63, 3.8) is 0 Å². The lowest BCUT2D eigenvalue weighted by atomic mass is 10.1. The van der Waals surface area contributed by atoms with Crippen LogP contribution in [0.1, 0.15) is 16.9 Å². The van der Waals surface area contributed by atoms with Crippen molar-refractivity contribution in [1.29, 1.82) is 0 Å². The first kappa shape index (κ1) is 14.6. The Labute approximate surface area is 140 Å². The zero-order valence-corrected chi connectivity index (χ0v) is 13.7. The minimum atomic E-state index is 0.738. The van der Waals surface area contributed by atoms with Crippen molar-refractivity contribution in [2.24, 2.45) is 0 Å². The number of aromatic nitrogens is 2. The zero-order chi connectivity index (χ0) is 16.5. The molecule has 4 rings (SSSR count). The van der Waals surface area contributed by atoms with E-state index >= 15 is 0 Å². The van der Waals surface area contributed by atoms with Crippen molar-refractivity contribution in [3.8, 4) is 11.5 Å². The van der Waals surface area contributed by atoms with Gasteiger partial charge in [-0.15, -0.1) is 0 Å². The van der Waals surface area contributed by atoms with Crippen LogP contribution >= 0.6 is 0 Å². The Kier molecular flexibility index (Phi) is 3.58. The Hall–Kier alpha value is -3.01. The van der Waals surface area contributed by atoms with E-state index in [-0.39, 0.29) is 0 Å². The molecule has 0 atom stereocenters. The van der Waals surface area contributed by atoms with Gasteiger partial charge in [-0.05, 0) is 43.2 Å². The molecule has 0 radical (unpaired) electrons. The van der Waals surface area contributed by atoms with Gasteiger partial charge in [0.2, 0.25) is 0 Å². The zero-order valence-electron chi connectivity index (χ0n) is 13.7. The van der Waals surface area contributed by atoms with Crippen LogP contribution in [0.15, 0.2) is 65.6 Å². The molecule has 4 aromatic rings. The van der Waals surface area contributed by atoms with Crippen LogP contribution in [0.4, 0.5) is 0 Å². The lowest BCUT2D eigenvalue weighted by Gasteiger charge is -2.10. The molecular weight excluding hydrogens is 300 g/mol. The monoisotopic (exact) mass is 318 g/mol. The summed E-state index contributed by atoms with van der Waals surface area (Å²) in [6, 6.07) is 13.8. The number of ether oxygens (including phenoxy) is 1.